The molecule has 0 aliphatic heterocycles. The minimum absolute atomic E-state index is 0.0359. The quantitative estimate of drug-likeness (QED) is 0.698. The Bertz CT molecular complexity index is 230. The highest BCUT2D eigenvalue weighted by Crippen LogP contribution is 2.14. The lowest BCUT2D eigenvalue weighted by molar-refractivity contribution is 0.700. The van der Waals surface area contributed by atoms with Gasteiger partial charge in [-0.2, -0.15) is 8.75 Å². The number of rotatable bonds is 3. The second kappa shape index (κ2) is 3.59. The molecule has 0 bridgehead atoms. The molecule has 1 unspecified atom stereocenters. The first-order valence-corrected chi connectivity index (χ1v) is 4.10. The Morgan fingerprint density at radius 1 is 1.91 bits per heavy atom. The van der Waals surface area contributed by atoms with Gasteiger partial charge in [0.25, 0.3) is 0 Å². The second-order valence-corrected chi connectivity index (χ2v) is 3.16. The maximum atomic E-state index is 5.78. The molecule has 60 valence electrons. The number of hydrogen-bond donors (Lipinski definition) is 1. The van der Waals surface area contributed by atoms with Gasteiger partial charge in [0.05, 0.1) is 29.7 Å². The normalized spacial score (nSPS) is 12.9. The van der Waals surface area contributed by atoms with Crippen molar-refractivity contribution in [1.29, 1.82) is 0 Å². The van der Waals surface area contributed by atoms with Crippen LogP contribution in [0.2, 0.25) is 0 Å². The van der Waals surface area contributed by atoms with E-state index in [0.717, 1.165) is 17.7 Å². The molecule has 3 nitrogen and oxygen atoms in total. The number of nitrogens with two attached hydrogens (primary N) is 1. The van der Waals surface area contributed by atoms with Gasteiger partial charge in [-0.3, -0.25) is 0 Å². The van der Waals surface area contributed by atoms with Crippen LogP contribution < -0.4 is 5.73 Å². The molecular formula is C7H11N3S. The molecule has 0 aliphatic rings. The summed E-state index contributed by atoms with van der Waals surface area (Å²) < 4.78 is 7.91. The van der Waals surface area contributed by atoms with Crippen molar-refractivity contribution in [3.8, 4) is 0 Å². The summed E-state index contributed by atoms with van der Waals surface area (Å²) in [7, 11) is 0. The van der Waals surface area contributed by atoms with Crippen LogP contribution >= 0.6 is 11.7 Å². The van der Waals surface area contributed by atoms with Crippen molar-refractivity contribution in [2.45, 2.75) is 19.4 Å². The lowest BCUT2D eigenvalue weighted by atomic mass is 10.1. The molecule has 0 amide bonds. The van der Waals surface area contributed by atoms with Crippen LogP contribution in [0.3, 0.4) is 0 Å². The molecule has 0 saturated heterocycles. The first-order chi connectivity index (χ1) is 5.20. The summed E-state index contributed by atoms with van der Waals surface area (Å²) in [6, 6.07) is -0.0359. The van der Waals surface area contributed by atoms with Crippen LogP contribution in [-0.4, -0.2) is 8.75 Å². The summed E-state index contributed by atoms with van der Waals surface area (Å²) in [5.41, 5.74) is 7.72. The second-order valence-electron chi connectivity index (χ2n) is 2.60. The number of nitrogens with zero attached hydrogens (tertiary/aromatic N) is 2. The maximum absolute atomic E-state index is 5.78. The van der Waals surface area contributed by atoms with Crippen LogP contribution in [0.15, 0.2) is 18.3 Å². The monoisotopic (exact) mass is 169 g/mol. The van der Waals surface area contributed by atoms with E-state index in [0.29, 0.717) is 0 Å². The molecule has 0 fully saturated rings. The van der Waals surface area contributed by atoms with Crippen molar-refractivity contribution < 1.29 is 0 Å². The van der Waals surface area contributed by atoms with Crippen molar-refractivity contribution in [2.75, 3.05) is 0 Å². The zero-order valence-electron chi connectivity index (χ0n) is 6.45. The van der Waals surface area contributed by atoms with Gasteiger partial charge in [-0.25, -0.2) is 0 Å². The topological polar surface area (TPSA) is 51.8 Å². The van der Waals surface area contributed by atoms with E-state index in [1.807, 2.05) is 6.92 Å². The molecule has 1 aromatic heterocycles. The van der Waals surface area contributed by atoms with E-state index in [4.69, 9.17) is 5.73 Å². The summed E-state index contributed by atoms with van der Waals surface area (Å²) in [5, 5.41) is 0. The van der Waals surface area contributed by atoms with Gasteiger partial charge in [-0.1, -0.05) is 5.57 Å². The molecule has 0 aromatic carbocycles. The Kier molecular flexibility index (Phi) is 2.73. The van der Waals surface area contributed by atoms with Crippen LogP contribution in [0.4, 0.5) is 0 Å². The van der Waals surface area contributed by atoms with Crippen molar-refractivity contribution >= 4 is 11.7 Å². The lowest BCUT2D eigenvalue weighted by Gasteiger charge is -2.06. The predicted molar refractivity (Wildman–Crippen MR) is 46.3 cm³/mol. The van der Waals surface area contributed by atoms with E-state index in [1.54, 1.807) is 6.20 Å². The highest BCUT2D eigenvalue weighted by molar-refractivity contribution is 6.99. The molecule has 0 radical (unpaired) electrons. The van der Waals surface area contributed by atoms with Gasteiger partial charge in [0, 0.05) is 0 Å². The highest BCUT2D eigenvalue weighted by atomic mass is 32.1. The summed E-state index contributed by atoms with van der Waals surface area (Å²) in [5.74, 6) is 0. The highest BCUT2D eigenvalue weighted by Gasteiger charge is 2.07. The van der Waals surface area contributed by atoms with Gasteiger partial charge in [0.15, 0.2) is 0 Å². The summed E-state index contributed by atoms with van der Waals surface area (Å²) in [4.78, 5) is 0. The summed E-state index contributed by atoms with van der Waals surface area (Å²) in [6.45, 7) is 5.74. The third-order valence-corrected chi connectivity index (χ3v) is 1.82. The SMILES string of the molecule is C=C(C)CC(N)c1cnsn1. The molecule has 0 aliphatic carbocycles. The maximum Gasteiger partial charge on any atom is 0.0913 e. The van der Waals surface area contributed by atoms with Crippen molar-refractivity contribution in [1.82, 2.24) is 8.75 Å². The summed E-state index contributed by atoms with van der Waals surface area (Å²) >= 11 is 1.19. The van der Waals surface area contributed by atoms with E-state index in [2.05, 4.69) is 15.3 Å². The van der Waals surface area contributed by atoms with Gasteiger partial charge in [0.2, 0.25) is 0 Å². The van der Waals surface area contributed by atoms with Crippen LogP contribution in [0, 0.1) is 0 Å². The minimum atomic E-state index is -0.0359. The van der Waals surface area contributed by atoms with Crippen LogP contribution in [0.5, 0.6) is 0 Å². The molecule has 4 heteroatoms. The van der Waals surface area contributed by atoms with Crippen molar-refractivity contribution in [2.24, 2.45) is 5.73 Å². The Morgan fingerprint density at radius 2 is 2.64 bits per heavy atom. The van der Waals surface area contributed by atoms with Gasteiger partial charge in [-0.15, -0.1) is 6.58 Å². The molecule has 0 spiro atoms. The van der Waals surface area contributed by atoms with Crippen LogP contribution in [0.1, 0.15) is 25.1 Å². The molecule has 1 heterocycles. The average Bonchev–Trinajstić information content (AvgIpc) is 2.35. The molecule has 0 saturated carbocycles. The number of hydrogen-bond acceptors (Lipinski definition) is 4. The Hall–Kier alpha value is -0.740. The average molecular weight is 169 g/mol. The zero-order chi connectivity index (χ0) is 8.27. The number of aromatic nitrogens is 2. The molecule has 2 N–H and O–H groups in total. The smallest absolute Gasteiger partial charge is 0.0913 e. The fourth-order valence-corrected chi connectivity index (χ4v) is 1.29. The third kappa shape index (κ3) is 2.40. The third-order valence-electron chi connectivity index (χ3n) is 1.33. The fourth-order valence-electron chi connectivity index (χ4n) is 0.815. The van der Waals surface area contributed by atoms with Crippen LogP contribution in [0.25, 0.3) is 0 Å². The Balaban J connectivity index is 2.56. The summed E-state index contributed by atoms with van der Waals surface area (Å²) in [6.07, 6.45) is 2.49. The predicted octanol–water partition coefficient (Wildman–Crippen LogP) is 1.50. The minimum Gasteiger partial charge on any atom is -0.322 e. The van der Waals surface area contributed by atoms with E-state index in [9.17, 15) is 0 Å². The van der Waals surface area contributed by atoms with Crippen molar-refractivity contribution in [3.05, 3.63) is 24.0 Å². The van der Waals surface area contributed by atoms with Gasteiger partial charge in [0.1, 0.15) is 0 Å². The van der Waals surface area contributed by atoms with Crippen molar-refractivity contribution in [3.63, 3.8) is 0 Å². The Labute approximate surface area is 70.3 Å². The van der Waals surface area contributed by atoms with Crippen LogP contribution in [-0.2, 0) is 0 Å². The molecule has 1 rings (SSSR count). The van der Waals surface area contributed by atoms with E-state index in [1.165, 1.54) is 11.7 Å². The first kappa shape index (κ1) is 8.36. The fraction of sp³-hybridized carbons (Fsp3) is 0.429. The van der Waals surface area contributed by atoms with E-state index < -0.39 is 0 Å². The lowest BCUT2D eigenvalue weighted by Crippen LogP contribution is -2.10. The standard InChI is InChI=1S/C7H11N3S/c1-5(2)3-6(8)7-4-9-11-10-7/h4,6H,1,3,8H2,2H3. The van der Waals surface area contributed by atoms with E-state index >= 15 is 0 Å². The molecular weight excluding hydrogens is 158 g/mol. The van der Waals surface area contributed by atoms with Gasteiger partial charge < -0.3 is 5.73 Å². The molecule has 11 heavy (non-hydrogen) atoms. The largest absolute Gasteiger partial charge is 0.322 e. The van der Waals surface area contributed by atoms with Gasteiger partial charge >= 0.3 is 0 Å². The molecule has 1 atom stereocenters. The van der Waals surface area contributed by atoms with Gasteiger partial charge in [-0.05, 0) is 13.3 Å². The van der Waals surface area contributed by atoms with E-state index in [-0.39, 0.29) is 6.04 Å². The zero-order valence-corrected chi connectivity index (χ0v) is 7.27. The Morgan fingerprint density at radius 3 is 3.09 bits per heavy atom. The first-order valence-electron chi connectivity index (χ1n) is 3.37. The molecule has 1 aromatic rings.